The molecule has 1 aliphatic rings. The quantitative estimate of drug-likeness (QED) is 0.330. The van der Waals surface area contributed by atoms with E-state index in [2.05, 4.69) is 49.4 Å². The highest BCUT2D eigenvalue weighted by Crippen LogP contribution is 2.46. The predicted octanol–water partition coefficient (Wildman–Crippen LogP) is 6.64. The zero-order chi connectivity index (χ0) is 23.9. The van der Waals surface area contributed by atoms with Crippen molar-refractivity contribution in [2.75, 3.05) is 13.2 Å². The second-order valence-corrected chi connectivity index (χ2v) is 8.93. The summed E-state index contributed by atoms with van der Waals surface area (Å²) < 4.78 is 11.4. The molecule has 2 unspecified atom stereocenters. The Bertz CT molecular complexity index is 1100. The Morgan fingerprint density at radius 1 is 0.941 bits per heavy atom. The summed E-state index contributed by atoms with van der Waals surface area (Å²) in [4.78, 5) is 11.3. The number of hydrogen-bond donors (Lipinski definition) is 1. The first kappa shape index (κ1) is 24.0. The van der Waals surface area contributed by atoms with E-state index in [1.54, 1.807) is 6.92 Å². The maximum atomic E-state index is 11.3. The maximum absolute atomic E-state index is 11.3. The van der Waals surface area contributed by atoms with Crippen LogP contribution in [0.1, 0.15) is 61.3 Å². The van der Waals surface area contributed by atoms with Crippen molar-refractivity contribution in [3.8, 4) is 16.9 Å². The standard InChI is InChI=1S/C30H34O4/c1-3-5-8-21-13-16-26-24-9-6-7-10-25(24)27(28(26)19-21)17-18-34-23-14-11-22(12-15-23)20-29(30(31)32)33-4-2/h6-7,9-16,19,27,29H,3-5,8,17-18,20H2,1-2H3,(H,31,32). The van der Waals surface area contributed by atoms with Gasteiger partial charge in [-0.1, -0.05) is 67.9 Å². The molecule has 0 spiro atoms. The summed E-state index contributed by atoms with van der Waals surface area (Å²) in [6.45, 7) is 5.04. The number of unbranched alkanes of at least 4 members (excludes halogenated alkanes) is 1. The lowest BCUT2D eigenvalue weighted by atomic mass is 9.92. The number of carbonyl (C=O) groups is 1. The van der Waals surface area contributed by atoms with Crippen molar-refractivity contribution < 1.29 is 19.4 Å². The Hall–Kier alpha value is -3.11. The van der Waals surface area contributed by atoms with Crippen molar-refractivity contribution in [1.29, 1.82) is 0 Å². The first-order chi connectivity index (χ1) is 16.6. The van der Waals surface area contributed by atoms with E-state index in [0.717, 1.165) is 24.2 Å². The molecule has 0 saturated heterocycles. The van der Waals surface area contributed by atoms with Crippen molar-refractivity contribution in [3.63, 3.8) is 0 Å². The molecule has 4 nitrogen and oxygen atoms in total. The smallest absolute Gasteiger partial charge is 0.333 e. The largest absolute Gasteiger partial charge is 0.494 e. The van der Waals surface area contributed by atoms with Crippen molar-refractivity contribution in [2.45, 2.75) is 58.0 Å². The molecule has 4 heteroatoms. The van der Waals surface area contributed by atoms with Gasteiger partial charge in [-0.05, 0) is 71.7 Å². The Balaban J connectivity index is 1.41. The zero-order valence-electron chi connectivity index (χ0n) is 20.1. The van der Waals surface area contributed by atoms with Crippen LogP contribution < -0.4 is 4.74 Å². The van der Waals surface area contributed by atoms with Gasteiger partial charge in [0.05, 0.1) is 6.61 Å². The lowest BCUT2D eigenvalue weighted by molar-refractivity contribution is -0.149. The van der Waals surface area contributed by atoms with Gasteiger partial charge in [0.1, 0.15) is 5.75 Å². The zero-order valence-corrected chi connectivity index (χ0v) is 20.1. The van der Waals surface area contributed by atoms with Crippen LogP contribution in [0.4, 0.5) is 0 Å². The van der Waals surface area contributed by atoms with Crippen LogP contribution in [-0.4, -0.2) is 30.4 Å². The molecular weight excluding hydrogens is 424 g/mol. The molecule has 4 rings (SSSR count). The number of benzene rings is 3. The fourth-order valence-electron chi connectivity index (χ4n) is 4.86. The molecule has 0 saturated carbocycles. The molecule has 3 aromatic carbocycles. The molecule has 0 bridgehead atoms. The third-order valence-corrected chi connectivity index (χ3v) is 6.60. The number of rotatable bonds is 12. The molecule has 1 N–H and O–H groups in total. The topological polar surface area (TPSA) is 55.8 Å². The first-order valence-corrected chi connectivity index (χ1v) is 12.4. The summed E-state index contributed by atoms with van der Waals surface area (Å²) in [7, 11) is 0. The Labute approximate surface area is 202 Å². The molecular formula is C30H34O4. The minimum absolute atomic E-state index is 0.342. The average molecular weight is 459 g/mol. The number of aliphatic carboxylic acids is 1. The van der Waals surface area contributed by atoms with Gasteiger partial charge in [-0.3, -0.25) is 0 Å². The van der Waals surface area contributed by atoms with Crippen LogP contribution in [0.15, 0.2) is 66.7 Å². The summed E-state index contributed by atoms with van der Waals surface area (Å²) in [6, 6.07) is 23.4. The van der Waals surface area contributed by atoms with Crippen LogP contribution in [-0.2, 0) is 22.4 Å². The number of fused-ring (bicyclic) bond motifs is 3. The first-order valence-electron chi connectivity index (χ1n) is 12.4. The van der Waals surface area contributed by atoms with Gasteiger partial charge < -0.3 is 14.6 Å². The van der Waals surface area contributed by atoms with Crippen molar-refractivity contribution in [2.24, 2.45) is 0 Å². The number of ether oxygens (including phenoxy) is 2. The molecule has 0 amide bonds. The number of carboxylic acids is 1. The summed E-state index contributed by atoms with van der Waals surface area (Å²) in [5, 5.41) is 9.29. The third-order valence-electron chi connectivity index (χ3n) is 6.60. The lowest BCUT2D eigenvalue weighted by Crippen LogP contribution is -2.26. The summed E-state index contributed by atoms with van der Waals surface area (Å²) >= 11 is 0. The van der Waals surface area contributed by atoms with Gasteiger partial charge in [-0.2, -0.15) is 0 Å². The van der Waals surface area contributed by atoms with Gasteiger partial charge in [0.15, 0.2) is 6.10 Å². The molecule has 0 radical (unpaired) electrons. The van der Waals surface area contributed by atoms with E-state index in [1.165, 1.54) is 40.7 Å². The molecule has 0 heterocycles. The van der Waals surface area contributed by atoms with E-state index in [0.29, 0.717) is 25.6 Å². The second kappa shape index (κ2) is 11.3. The van der Waals surface area contributed by atoms with E-state index in [1.807, 2.05) is 24.3 Å². The van der Waals surface area contributed by atoms with Crippen LogP contribution in [0.5, 0.6) is 5.75 Å². The molecule has 178 valence electrons. The molecule has 0 aromatic heterocycles. The van der Waals surface area contributed by atoms with Crippen LogP contribution in [0.3, 0.4) is 0 Å². The van der Waals surface area contributed by atoms with E-state index in [-0.39, 0.29) is 0 Å². The van der Waals surface area contributed by atoms with Crippen molar-refractivity contribution in [3.05, 3.63) is 89.0 Å². The van der Waals surface area contributed by atoms with E-state index < -0.39 is 12.1 Å². The highest BCUT2D eigenvalue weighted by atomic mass is 16.5. The SMILES string of the molecule is CCCCc1ccc2c(c1)C(CCOc1ccc(CC(OCC)C(=O)O)cc1)c1ccccc1-2. The molecule has 1 aliphatic carbocycles. The van der Waals surface area contributed by atoms with Crippen molar-refractivity contribution in [1.82, 2.24) is 0 Å². The monoisotopic (exact) mass is 458 g/mol. The predicted molar refractivity (Wildman–Crippen MR) is 136 cm³/mol. The number of carboxylic acid groups (broad SMARTS) is 1. The third kappa shape index (κ3) is 5.51. The highest BCUT2D eigenvalue weighted by molar-refractivity contribution is 5.79. The molecule has 2 atom stereocenters. The van der Waals surface area contributed by atoms with Crippen molar-refractivity contribution >= 4 is 5.97 Å². The van der Waals surface area contributed by atoms with E-state index in [4.69, 9.17) is 9.47 Å². The van der Waals surface area contributed by atoms with Crippen LogP contribution in [0, 0.1) is 0 Å². The second-order valence-electron chi connectivity index (χ2n) is 8.93. The Morgan fingerprint density at radius 3 is 2.41 bits per heavy atom. The fraction of sp³-hybridized carbons (Fsp3) is 0.367. The highest BCUT2D eigenvalue weighted by Gasteiger charge is 2.28. The van der Waals surface area contributed by atoms with Gasteiger partial charge in [-0.25, -0.2) is 4.79 Å². The fourth-order valence-corrected chi connectivity index (χ4v) is 4.86. The van der Waals surface area contributed by atoms with Gasteiger partial charge in [0, 0.05) is 18.9 Å². The van der Waals surface area contributed by atoms with E-state index in [9.17, 15) is 9.90 Å². The van der Waals surface area contributed by atoms with Gasteiger partial charge in [-0.15, -0.1) is 0 Å². The van der Waals surface area contributed by atoms with Crippen LogP contribution in [0.25, 0.3) is 11.1 Å². The summed E-state index contributed by atoms with van der Waals surface area (Å²) in [5.41, 5.74) is 7.85. The Morgan fingerprint density at radius 2 is 1.68 bits per heavy atom. The molecule has 34 heavy (non-hydrogen) atoms. The minimum atomic E-state index is -0.933. The van der Waals surface area contributed by atoms with Gasteiger partial charge in [0.25, 0.3) is 0 Å². The average Bonchev–Trinajstić information content (AvgIpc) is 3.16. The van der Waals surface area contributed by atoms with Crippen LogP contribution in [0.2, 0.25) is 0 Å². The summed E-state index contributed by atoms with van der Waals surface area (Å²) in [6.07, 6.45) is 3.99. The number of aryl methyl sites for hydroxylation is 1. The van der Waals surface area contributed by atoms with Gasteiger partial charge >= 0.3 is 5.97 Å². The lowest BCUT2D eigenvalue weighted by Gasteiger charge is -2.16. The normalized spacial score (nSPS) is 14.9. The molecule has 0 fully saturated rings. The molecule has 0 aliphatic heterocycles. The number of hydrogen-bond acceptors (Lipinski definition) is 3. The van der Waals surface area contributed by atoms with E-state index >= 15 is 0 Å². The van der Waals surface area contributed by atoms with Crippen LogP contribution >= 0.6 is 0 Å². The Kier molecular flexibility index (Phi) is 8.02. The maximum Gasteiger partial charge on any atom is 0.333 e. The van der Waals surface area contributed by atoms with Gasteiger partial charge in [0.2, 0.25) is 0 Å². The molecule has 3 aromatic rings. The summed E-state index contributed by atoms with van der Waals surface area (Å²) in [5.74, 6) is 0.210. The minimum Gasteiger partial charge on any atom is -0.494 e.